The molecule has 1 amide bonds. The fourth-order valence-corrected chi connectivity index (χ4v) is 3.36. The van der Waals surface area contributed by atoms with Crippen LogP contribution in [0, 0.1) is 0 Å². The molecule has 7 nitrogen and oxygen atoms in total. The average Bonchev–Trinajstić information content (AvgIpc) is 3.32. The summed E-state index contributed by atoms with van der Waals surface area (Å²) in [4.78, 5) is 27.9. The van der Waals surface area contributed by atoms with Crippen LogP contribution in [0.4, 0.5) is 5.82 Å². The fraction of sp³-hybridized carbons (Fsp3) is 0.368. The average molecular weight is 350 g/mol. The Kier molecular flexibility index (Phi) is 4.38. The molecule has 1 unspecified atom stereocenters. The van der Waals surface area contributed by atoms with E-state index in [9.17, 15) is 4.79 Å². The van der Waals surface area contributed by atoms with Gasteiger partial charge in [0, 0.05) is 24.7 Å². The number of pyridine rings is 2. The summed E-state index contributed by atoms with van der Waals surface area (Å²) in [5.41, 5.74) is 2.58. The first kappa shape index (κ1) is 16.7. The van der Waals surface area contributed by atoms with Gasteiger partial charge in [-0.2, -0.15) is 0 Å². The van der Waals surface area contributed by atoms with Gasteiger partial charge in [0.25, 0.3) is 0 Å². The van der Waals surface area contributed by atoms with Gasteiger partial charge in [0.1, 0.15) is 5.82 Å². The van der Waals surface area contributed by atoms with E-state index in [2.05, 4.69) is 20.2 Å². The van der Waals surface area contributed by atoms with Crippen molar-refractivity contribution in [1.29, 1.82) is 0 Å². The zero-order chi connectivity index (χ0) is 18.1. The van der Waals surface area contributed by atoms with Gasteiger partial charge < -0.3 is 9.88 Å². The predicted octanol–water partition coefficient (Wildman–Crippen LogP) is 2.45. The maximum Gasteiger partial charge on any atom is 0.242 e. The van der Waals surface area contributed by atoms with Crippen molar-refractivity contribution in [2.45, 2.75) is 25.8 Å². The number of nitrogens with one attached hydrogen (secondary N) is 1. The van der Waals surface area contributed by atoms with E-state index in [0.29, 0.717) is 5.82 Å². The van der Waals surface area contributed by atoms with E-state index < -0.39 is 0 Å². The van der Waals surface area contributed by atoms with Gasteiger partial charge in [0.2, 0.25) is 5.91 Å². The number of hydrogen-bond acceptors (Lipinski definition) is 5. The number of rotatable bonds is 4. The molecule has 1 aliphatic heterocycles. The maximum atomic E-state index is 12.5. The first-order valence-corrected chi connectivity index (χ1v) is 8.90. The summed E-state index contributed by atoms with van der Waals surface area (Å²) in [6, 6.07) is 5.61. The van der Waals surface area contributed by atoms with E-state index >= 15 is 0 Å². The summed E-state index contributed by atoms with van der Waals surface area (Å²) < 4.78 is 1.93. The number of nitrogens with zero attached hydrogens (tertiary/aromatic N) is 5. The minimum atomic E-state index is -0.149. The Hall–Kier alpha value is -2.80. The predicted molar refractivity (Wildman–Crippen MR) is 101 cm³/mol. The van der Waals surface area contributed by atoms with Gasteiger partial charge in [-0.25, -0.2) is 15.0 Å². The van der Waals surface area contributed by atoms with Crippen LogP contribution in [0.2, 0.25) is 0 Å². The Morgan fingerprint density at radius 3 is 2.77 bits per heavy atom. The molecule has 4 rings (SSSR count). The van der Waals surface area contributed by atoms with Crippen molar-refractivity contribution in [1.82, 2.24) is 24.4 Å². The van der Waals surface area contributed by atoms with Crippen molar-refractivity contribution in [3.63, 3.8) is 0 Å². The Morgan fingerprint density at radius 2 is 2.04 bits per heavy atom. The van der Waals surface area contributed by atoms with Gasteiger partial charge in [0.05, 0.1) is 35.5 Å². The number of amides is 1. The number of aryl methyl sites for hydroxylation is 1. The van der Waals surface area contributed by atoms with Crippen molar-refractivity contribution in [3.8, 4) is 11.4 Å². The van der Waals surface area contributed by atoms with Crippen molar-refractivity contribution < 1.29 is 4.79 Å². The lowest BCUT2D eigenvalue weighted by molar-refractivity contribution is -0.120. The number of carbonyl (C=O) groups is 1. The minimum Gasteiger partial charge on any atom is -0.332 e. The molecule has 0 saturated carbocycles. The van der Waals surface area contributed by atoms with E-state index in [1.54, 1.807) is 18.7 Å². The molecule has 26 heavy (non-hydrogen) atoms. The molecule has 0 bridgehead atoms. The Balaban J connectivity index is 1.58. The number of aromatic nitrogens is 4. The number of imidazole rings is 1. The third kappa shape index (κ3) is 3.17. The lowest BCUT2D eigenvalue weighted by Gasteiger charge is -2.22. The smallest absolute Gasteiger partial charge is 0.242 e. The molecule has 0 aromatic carbocycles. The second kappa shape index (κ2) is 6.84. The van der Waals surface area contributed by atoms with Crippen LogP contribution in [0.5, 0.6) is 0 Å². The first-order chi connectivity index (χ1) is 12.6. The summed E-state index contributed by atoms with van der Waals surface area (Å²) in [5.74, 6) is 0.504. The quantitative estimate of drug-likeness (QED) is 0.782. The van der Waals surface area contributed by atoms with E-state index in [4.69, 9.17) is 4.98 Å². The highest BCUT2D eigenvalue weighted by Crippen LogP contribution is 2.22. The molecule has 1 fully saturated rings. The molecule has 3 aromatic heterocycles. The second-order valence-electron chi connectivity index (χ2n) is 6.76. The molecule has 4 heterocycles. The highest BCUT2D eigenvalue weighted by molar-refractivity contribution is 5.95. The maximum absolute atomic E-state index is 12.5. The van der Waals surface area contributed by atoms with E-state index in [1.807, 2.05) is 36.7 Å². The molecule has 3 aromatic rings. The van der Waals surface area contributed by atoms with Crippen molar-refractivity contribution >= 4 is 22.6 Å². The van der Waals surface area contributed by atoms with E-state index in [1.165, 1.54) is 0 Å². The summed E-state index contributed by atoms with van der Waals surface area (Å²) >= 11 is 0. The first-order valence-electron chi connectivity index (χ1n) is 8.90. The monoisotopic (exact) mass is 350 g/mol. The lowest BCUT2D eigenvalue weighted by atomic mass is 10.2. The molecule has 0 radical (unpaired) electrons. The molecule has 1 N–H and O–H groups in total. The van der Waals surface area contributed by atoms with Gasteiger partial charge in [-0.05, 0) is 45.0 Å². The number of hydrogen-bond donors (Lipinski definition) is 1. The Labute approximate surface area is 152 Å². The van der Waals surface area contributed by atoms with Crippen LogP contribution >= 0.6 is 0 Å². The lowest BCUT2D eigenvalue weighted by Crippen LogP contribution is -2.40. The third-order valence-corrected chi connectivity index (χ3v) is 4.97. The molecule has 134 valence electrons. The highest BCUT2D eigenvalue weighted by atomic mass is 16.2. The Morgan fingerprint density at radius 1 is 1.23 bits per heavy atom. The van der Waals surface area contributed by atoms with Crippen LogP contribution in [0.1, 0.15) is 19.8 Å². The van der Waals surface area contributed by atoms with Crippen LogP contribution in [-0.2, 0) is 11.8 Å². The molecule has 1 atom stereocenters. The number of carbonyl (C=O) groups excluding carboxylic acids is 1. The second-order valence-corrected chi connectivity index (χ2v) is 6.76. The van der Waals surface area contributed by atoms with Crippen LogP contribution in [0.3, 0.4) is 0 Å². The summed E-state index contributed by atoms with van der Waals surface area (Å²) in [5, 5.41) is 3.86. The molecular weight excluding hydrogens is 328 g/mol. The molecule has 0 aliphatic carbocycles. The van der Waals surface area contributed by atoms with Gasteiger partial charge >= 0.3 is 0 Å². The van der Waals surface area contributed by atoms with Crippen LogP contribution in [0.25, 0.3) is 22.3 Å². The fourth-order valence-electron chi connectivity index (χ4n) is 3.36. The van der Waals surface area contributed by atoms with E-state index in [0.717, 1.165) is 48.2 Å². The topological polar surface area (TPSA) is 75.9 Å². The molecule has 0 spiro atoms. The molecule has 7 heteroatoms. The normalized spacial score (nSPS) is 16.1. The molecule has 1 saturated heterocycles. The van der Waals surface area contributed by atoms with Crippen molar-refractivity contribution in [2.24, 2.45) is 7.05 Å². The zero-order valence-corrected chi connectivity index (χ0v) is 15.0. The third-order valence-electron chi connectivity index (χ3n) is 4.97. The largest absolute Gasteiger partial charge is 0.332 e. The van der Waals surface area contributed by atoms with Crippen LogP contribution < -0.4 is 5.32 Å². The van der Waals surface area contributed by atoms with Gasteiger partial charge in [-0.1, -0.05) is 0 Å². The summed E-state index contributed by atoms with van der Waals surface area (Å²) in [6.07, 6.45) is 7.60. The number of fused-ring (bicyclic) bond motifs is 1. The number of likely N-dealkylation sites (tertiary alicyclic amines) is 1. The summed E-state index contributed by atoms with van der Waals surface area (Å²) in [7, 11) is 1.94. The molecule has 1 aliphatic rings. The standard InChI is InChI=1S/C19H22N6O/c1-13(25-7-3-4-8-25)19(26)23-18-9-16-14(10-21-18)5-6-15(22-16)17-11-20-12-24(17)2/h5-6,9-13H,3-4,7-8H2,1-2H3,(H,21,23,26). The van der Waals surface area contributed by atoms with Crippen LogP contribution in [0.15, 0.2) is 36.9 Å². The van der Waals surface area contributed by atoms with Crippen LogP contribution in [-0.4, -0.2) is 49.5 Å². The number of anilines is 1. The Bertz CT molecular complexity index is 944. The zero-order valence-electron chi connectivity index (χ0n) is 15.0. The van der Waals surface area contributed by atoms with Crippen molar-refractivity contribution in [3.05, 3.63) is 36.9 Å². The molecular formula is C19H22N6O. The highest BCUT2D eigenvalue weighted by Gasteiger charge is 2.24. The SMILES string of the molecule is CC(C(=O)Nc1cc2nc(-c3cncn3C)ccc2cn1)N1CCCC1. The van der Waals surface area contributed by atoms with Gasteiger partial charge in [-0.3, -0.25) is 9.69 Å². The summed E-state index contributed by atoms with van der Waals surface area (Å²) in [6.45, 7) is 3.91. The van der Waals surface area contributed by atoms with Crippen molar-refractivity contribution in [2.75, 3.05) is 18.4 Å². The minimum absolute atomic E-state index is 0.0264. The van der Waals surface area contributed by atoms with Gasteiger partial charge in [-0.15, -0.1) is 0 Å². The van der Waals surface area contributed by atoms with Gasteiger partial charge in [0.15, 0.2) is 0 Å². The van der Waals surface area contributed by atoms with E-state index in [-0.39, 0.29) is 11.9 Å².